The van der Waals surface area contributed by atoms with Crippen LogP contribution < -0.4 is 4.90 Å². The number of piperidine rings is 1. The van der Waals surface area contributed by atoms with Crippen molar-refractivity contribution in [3.05, 3.63) is 51.8 Å². The van der Waals surface area contributed by atoms with E-state index in [1.807, 2.05) is 12.1 Å². The molecule has 0 bridgehead atoms. The average Bonchev–Trinajstić information content (AvgIpc) is 3.25. The number of halogens is 2. The van der Waals surface area contributed by atoms with E-state index in [-0.39, 0.29) is 18.3 Å². The highest BCUT2D eigenvalue weighted by Gasteiger charge is 2.37. The van der Waals surface area contributed by atoms with E-state index in [9.17, 15) is 5.26 Å². The third-order valence-corrected chi connectivity index (χ3v) is 5.85. The minimum absolute atomic E-state index is 0.192. The molecular weight excluding hydrogens is 415 g/mol. The Hall–Kier alpha value is -2.73. The van der Waals surface area contributed by atoms with Crippen LogP contribution in [0.1, 0.15) is 24.2 Å². The lowest BCUT2D eigenvalue weighted by atomic mass is 9.74. The Morgan fingerprint density at radius 1 is 1.14 bits per heavy atom. The van der Waals surface area contributed by atoms with Gasteiger partial charge in [0, 0.05) is 13.1 Å². The van der Waals surface area contributed by atoms with Crippen LogP contribution in [0.25, 0.3) is 11.6 Å². The second-order valence-electron chi connectivity index (χ2n) is 6.76. The number of nitriles is 1. The fourth-order valence-electron chi connectivity index (χ4n) is 3.41. The van der Waals surface area contributed by atoms with E-state index >= 15 is 0 Å². The van der Waals surface area contributed by atoms with E-state index in [4.69, 9.17) is 32.8 Å². The van der Waals surface area contributed by atoms with Gasteiger partial charge in [-0.25, -0.2) is 0 Å². The molecule has 0 radical (unpaired) electrons. The Balaban J connectivity index is 1.48. The first-order valence-electron chi connectivity index (χ1n) is 8.94. The molecule has 3 aromatic rings. The van der Waals surface area contributed by atoms with E-state index < -0.39 is 5.41 Å². The summed E-state index contributed by atoms with van der Waals surface area (Å²) in [6.07, 6.45) is 1.27. The normalized spacial score (nSPS) is 15.9. The molecular formula is C19H16Cl2N6O2. The van der Waals surface area contributed by atoms with Gasteiger partial charge >= 0.3 is 0 Å². The lowest BCUT2D eigenvalue weighted by molar-refractivity contribution is 0.264. The highest BCUT2D eigenvalue weighted by molar-refractivity contribution is 6.42. The minimum atomic E-state index is -0.609. The molecule has 0 aliphatic carbocycles. The van der Waals surface area contributed by atoms with Crippen molar-refractivity contribution in [2.24, 2.45) is 0 Å². The van der Waals surface area contributed by atoms with Gasteiger partial charge in [0.2, 0.25) is 0 Å². The summed E-state index contributed by atoms with van der Waals surface area (Å²) in [4.78, 5) is 6.10. The largest absolute Gasteiger partial charge is 0.388 e. The number of benzene rings is 1. The highest BCUT2D eigenvalue weighted by atomic mass is 35.5. The summed E-state index contributed by atoms with van der Waals surface area (Å²) in [7, 11) is 0. The Labute approximate surface area is 176 Å². The summed E-state index contributed by atoms with van der Waals surface area (Å²) < 4.78 is 5.04. The number of aliphatic hydroxyl groups is 1. The van der Waals surface area contributed by atoms with E-state index in [0.717, 1.165) is 5.56 Å². The molecule has 1 saturated heterocycles. The number of nitrogens with zero attached hydrogens (tertiary/aromatic N) is 6. The zero-order valence-corrected chi connectivity index (χ0v) is 16.7. The summed E-state index contributed by atoms with van der Waals surface area (Å²) in [6.45, 7) is 0.996. The zero-order valence-electron chi connectivity index (χ0n) is 15.2. The first-order valence-corrected chi connectivity index (χ1v) is 9.69. The molecule has 148 valence electrons. The summed E-state index contributed by atoms with van der Waals surface area (Å²) in [6, 6.07) is 11.4. The summed E-state index contributed by atoms with van der Waals surface area (Å²) in [5.74, 6) is 1.10. The molecule has 1 aromatic carbocycles. The number of hydrogen-bond donors (Lipinski definition) is 1. The van der Waals surface area contributed by atoms with Crippen molar-refractivity contribution in [3.8, 4) is 17.7 Å². The van der Waals surface area contributed by atoms with Crippen LogP contribution in [0.5, 0.6) is 0 Å². The van der Waals surface area contributed by atoms with Crippen LogP contribution in [0.4, 0.5) is 5.82 Å². The van der Waals surface area contributed by atoms with Gasteiger partial charge in [0.05, 0.1) is 21.5 Å². The lowest BCUT2D eigenvalue weighted by Crippen LogP contribution is -2.42. The summed E-state index contributed by atoms with van der Waals surface area (Å²) >= 11 is 12.2. The molecule has 8 nitrogen and oxygen atoms in total. The van der Waals surface area contributed by atoms with Crippen LogP contribution in [0.15, 0.2) is 34.9 Å². The van der Waals surface area contributed by atoms with Crippen LogP contribution in [0.3, 0.4) is 0 Å². The van der Waals surface area contributed by atoms with Crippen molar-refractivity contribution in [1.29, 1.82) is 5.26 Å². The lowest BCUT2D eigenvalue weighted by Gasteiger charge is -2.38. The van der Waals surface area contributed by atoms with Crippen LogP contribution in [0, 0.1) is 11.3 Å². The standard InChI is InChI=1S/C19H16Cl2N6O2/c20-13-2-1-12(9-14(13)21)19(11-22)5-7-27(8-6-19)17-4-3-15(24-25-17)18-23-16(10-28)26-29-18/h1-4,9,28H,5-8,10H2. The molecule has 2 aromatic heterocycles. The van der Waals surface area contributed by atoms with Gasteiger partial charge in [-0.3, -0.25) is 0 Å². The van der Waals surface area contributed by atoms with Gasteiger partial charge in [0.25, 0.3) is 5.89 Å². The molecule has 3 heterocycles. The van der Waals surface area contributed by atoms with Crippen molar-refractivity contribution in [2.45, 2.75) is 24.9 Å². The smallest absolute Gasteiger partial charge is 0.278 e. The third kappa shape index (κ3) is 3.77. The zero-order chi connectivity index (χ0) is 20.4. The molecule has 0 atom stereocenters. The molecule has 1 fully saturated rings. The maximum atomic E-state index is 9.88. The molecule has 0 saturated carbocycles. The molecule has 0 amide bonds. The Bertz CT molecular complexity index is 1060. The van der Waals surface area contributed by atoms with E-state index in [1.165, 1.54) is 0 Å². The third-order valence-electron chi connectivity index (χ3n) is 5.11. The Kier molecular flexibility index (Phi) is 5.37. The first-order chi connectivity index (χ1) is 14.0. The van der Waals surface area contributed by atoms with Crippen LogP contribution in [-0.4, -0.2) is 38.5 Å². The molecule has 1 aliphatic heterocycles. The number of rotatable bonds is 4. The monoisotopic (exact) mass is 430 g/mol. The molecule has 0 unspecified atom stereocenters. The van der Waals surface area contributed by atoms with Crippen molar-refractivity contribution >= 4 is 29.0 Å². The van der Waals surface area contributed by atoms with Gasteiger partial charge < -0.3 is 14.5 Å². The van der Waals surface area contributed by atoms with E-state index in [1.54, 1.807) is 18.2 Å². The van der Waals surface area contributed by atoms with E-state index in [0.29, 0.717) is 47.5 Å². The number of hydrogen-bond acceptors (Lipinski definition) is 8. The van der Waals surface area contributed by atoms with Crippen molar-refractivity contribution < 1.29 is 9.63 Å². The molecule has 1 N–H and O–H groups in total. The second-order valence-corrected chi connectivity index (χ2v) is 7.57. The molecule has 29 heavy (non-hydrogen) atoms. The predicted molar refractivity (Wildman–Crippen MR) is 106 cm³/mol. The van der Waals surface area contributed by atoms with Gasteiger partial charge in [0.15, 0.2) is 17.3 Å². The SMILES string of the molecule is N#CC1(c2ccc(Cl)c(Cl)c2)CCN(c2ccc(-c3nc(CO)no3)nn2)CC1. The van der Waals surface area contributed by atoms with Crippen molar-refractivity contribution in [3.63, 3.8) is 0 Å². The second kappa shape index (κ2) is 7.95. The number of aromatic nitrogens is 4. The van der Waals surface area contributed by atoms with Gasteiger partial charge in [-0.1, -0.05) is 34.4 Å². The maximum absolute atomic E-state index is 9.88. The topological polar surface area (TPSA) is 112 Å². The molecule has 4 rings (SSSR count). The molecule has 10 heteroatoms. The van der Waals surface area contributed by atoms with Gasteiger partial charge in [-0.15, -0.1) is 10.2 Å². The van der Waals surface area contributed by atoms with Crippen LogP contribution in [-0.2, 0) is 12.0 Å². The minimum Gasteiger partial charge on any atom is -0.388 e. The van der Waals surface area contributed by atoms with Crippen LogP contribution in [0.2, 0.25) is 10.0 Å². The maximum Gasteiger partial charge on any atom is 0.278 e. The van der Waals surface area contributed by atoms with Gasteiger partial charge in [-0.05, 0) is 42.7 Å². The van der Waals surface area contributed by atoms with Crippen molar-refractivity contribution in [1.82, 2.24) is 20.3 Å². The quantitative estimate of drug-likeness (QED) is 0.669. The first kappa shape index (κ1) is 19.6. The fraction of sp³-hybridized carbons (Fsp3) is 0.316. The van der Waals surface area contributed by atoms with Crippen molar-refractivity contribution in [2.75, 3.05) is 18.0 Å². The van der Waals surface area contributed by atoms with Gasteiger partial charge in [-0.2, -0.15) is 10.2 Å². The Morgan fingerprint density at radius 3 is 2.52 bits per heavy atom. The highest BCUT2D eigenvalue weighted by Crippen LogP contribution is 2.38. The Morgan fingerprint density at radius 2 is 1.93 bits per heavy atom. The van der Waals surface area contributed by atoms with Gasteiger partial charge in [0.1, 0.15) is 6.61 Å². The van der Waals surface area contributed by atoms with Crippen LogP contribution >= 0.6 is 23.2 Å². The number of aliphatic hydroxyl groups excluding tert-OH is 1. The molecule has 1 aliphatic rings. The summed E-state index contributed by atoms with van der Waals surface area (Å²) in [5, 5.41) is 31.8. The van der Waals surface area contributed by atoms with E-state index in [2.05, 4.69) is 31.3 Å². The molecule has 0 spiro atoms. The summed E-state index contributed by atoms with van der Waals surface area (Å²) in [5.41, 5.74) is 0.703. The average molecular weight is 431 g/mol. The predicted octanol–water partition coefficient (Wildman–Crippen LogP) is 3.39. The fourth-order valence-corrected chi connectivity index (χ4v) is 3.70. The number of anilines is 1.